The van der Waals surface area contributed by atoms with E-state index in [4.69, 9.17) is 4.74 Å². The molecule has 0 aromatic rings. The zero-order valence-electron chi connectivity index (χ0n) is 13.4. The number of carboxylic acid groups (broad SMARTS) is 1. The van der Waals surface area contributed by atoms with Gasteiger partial charge >= 0.3 is 11.9 Å². The molecule has 0 amide bonds. The van der Waals surface area contributed by atoms with Crippen molar-refractivity contribution in [3.8, 4) is 0 Å². The van der Waals surface area contributed by atoms with Gasteiger partial charge in [-0.05, 0) is 25.8 Å². The van der Waals surface area contributed by atoms with E-state index in [1.807, 2.05) is 13.8 Å². The van der Waals surface area contributed by atoms with Crippen molar-refractivity contribution in [2.24, 2.45) is 17.3 Å². The Balaban J connectivity index is 2.39. The number of ketones is 1. The summed E-state index contributed by atoms with van der Waals surface area (Å²) in [5, 5.41) is 9.19. The van der Waals surface area contributed by atoms with Gasteiger partial charge in [0.05, 0.1) is 5.92 Å². The van der Waals surface area contributed by atoms with E-state index in [9.17, 15) is 19.5 Å². The maximum atomic E-state index is 12.2. The Morgan fingerprint density at radius 1 is 1.45 bits per heavy atom. The topological polar surface area (TPSA) is 80.7 Å². The van der Waals surface area contributed by atoms with Gasteiger partial charge in [0.15, 0.2) is 5.78 Å². The summed E-state index contributed by atoms with van der Waals surface area (Å²) in [7, 11) is 0. The molecule has 120 valence electrons. The molecule has 0 heterocycles. The Bertz CT molecular complexity index is 586. The molecule has 1 N–H and O–H groups in total. The monoisotopic (exact) mass is 306 g/mol. The SMILES string of the molecule is CC(=O)O[C@H]1CCC2=CC(=O)C([C@H](C)C(=O)O)=C[C@]2(C)[C@H]1C. The van der Waals surface area contributed by atoms with Crippen LogP contribution >= 0.6 is 0 Å². The summed E-state index contributed by atoms with van der Waals surface area (Å²) in [6.07, 6.45) is 4.51. The van der Waals surface area contributed by atoms with Crippen molar-refractivity contribution >= 4 is 17.7 Å². The van der Waals surface area contributed by atoms with Crippen LogP contribution in [0.1, 0.15) is 40.5 Å². The van der Waals surface area contributed by atoms with E-state index in [-0.39, 0.29) is 23.8 Å². The van der Waals surface area contributed by atoms with Gasteiger partial charge in [-0.2, -0.15) is 0 Å². The quantitative estimate of drug-likeness (QED) is 0.810. The molecule has 0 aliphatic heterocycles. The Hall–Kier alpha value is -1.91. The first kappa shape index (κ1) is 16.5. The van der Waals surface area contributed by atoms with E-state index < -0.39 is 17.3 Å². The Kier molecular flexibility index (Phi) is 4.27. The predicted molar refractivity (Wildman–Crippen MR) is 80.0 cm³/mol. The molecule has 2 rings (SSSR count). The minimum absolute atomic E-state index is 0.0134. The molecule has 0 spiro atoms. The summed E-state index contributed by atoms with van der Waals surface area (Å²) >= 11 is 0. The third-order valence-corrected chi connectivity index (χ3v) is 5.09. The molecule has 2 aliphatic rings. The molecule has 1 saturated carbocycles. The fourth-order valence-electron chi connectivity index (χ4n) is 3.43. The first-order valence-corrected chi connectivity index (χ1v) is 7.55. The van der Waals surface area contributed by atoms with Crippen molar-refractivity contribution in [3.05, 3.63) is 23.3 Å². The molecular weight excluding hydrogens is 284 g/mol. The fourth-order valence-corrected chi connectivity index (χ4v) is 3.43. The molecule has 5 nitrogen and oxygen atoms in total. The number of ether oxygens (including phenoxy) is 1. The molecule has 0 bridgehead atoms. The van der Waals surface area contributed by atoms with Gasteiger partial charge in [-0.25, -0.2) is 0 Å². The minimum atomic E-state index is -1.01. The summed E-state index contributed by atoms with van der Waals surface area (Å²) in [6, 6.07) is 0. The van der Waals surface area contributed by atoms with Gasteiger partial charge in [-0.3, -0.25) is 14.4 Å². The summed E-state index contributed by atoms with van der Waals surface area (Å²) in [4.78, 5) is 34.7. The maximum Gasteiger partial charge on any atom is 0.310 e. The van der Waals surface area contributed by atoms with Gasteiger partial charge < -0.3 is 9.84 Å². The summed E-state index contributed by atoms with van der Waals surface area (Å²) in [5.74, 6) is -2.41. The van der Waals surface area contributed by atoms with E-state index in [0.29, 0.717) is 18.4 Å². The first-order valence-electron chi connectivity index (χ1n) is 7.55. The van der Waals surface area contributed by atoms with Crippen LogP contribution in [0.5, 0.6) is 0 Å². The highest BCUT2D eigenvalue weighted by atomic mass is 16.5. The fraction of sp³-hybridized carbons (Fsp3) is 0.588. The number of hydrogen-bond donors (Lipinski definition) is 1. The van der Waals surface area contributed by atoms with Crippen molar-refractivity contribution in [2.75, 3.05) is 0 Å². The molecule has 1 fully saturated rings. The van der Waals surface area contributed by atoms with E-state index in [1.165, 1.54) is 13.8 Å². The highest BCUT2D eigenvalue weighted by Gasteiger charge is 2.46. The highest BCUT2D eigenvalue weighted by Crippen LogP contribution is 2.50. The molecule has 4 atom stereocenters. The van der Waals surface area contributed by atoms with Crippen LogP contribution in [0.4, 0.5) is 0 Å². The number of allylic oxidation sites excluding steroid dienone is 3. The van der Waals surface area contributed by atoms with Crippen LogP contribution < -0.4 is 0 Å². The van der Waals surface area contributed by atoms with Gasteiger partial charge in [0.25, 0.3) is 0 Å². The number of rotatable bonds is 3. The van der Waals surface area contributed by atoms with Crippen LogP contribution in [-0.4, -0.2) is 28.9 Å². The first-order chi connectivity index (χ1) is 10.2. The normalized spacial score (nSPS) is 32.5. The number of esters is 1. The van der Waals surface area contributed by atoms with Gasteiger partial charge in [0, 0.05) is 23.8 Å². The zero-order valence-corrected chi connectivity index (χ0v) is 13.4. The average molecular weight is 306 g/mol. The molecule has 0 aromatic carbocycles. The van der Waals surface area contributed by atoms with E-state index >= 15 is 0 Å². The number of carbonyl (C=O) groups is 3. The molecule has 0 saturated heterocycles. The largest absolute Gasteiger partial charge is 0.481 e. The van der Waals surface area contributed by atoms with E-state index in [0.717, 1.165) is 5.57 Å². The molecule has 0 unspecified atom stereocenters. The highest BCUT2D eigenvalue weighted by molar-refractivity contribution is 6.08. The van der Waals surface area contributed by atoms with Gasteiger partial charge in [0.1, 0.15) is 6.10 Å². The van der Waals surface area contributed by atoms with Crippen molar-refractivity contribution in [3.63, 3.8) is 0 Å². The third kappa shape index (κ3) is 2.72. The zero-order chi connectivity index (χ0) is 16.7. The lowest BCUT2D eigenvalue weighted by Gasteiger charge is -2.46. The van der Waals surface area contributed by atoms with Gasteiger partial charge in [-0.15, -0.1) is 0 Å². The Labute approximate surface area is 130 Å². The Morgan fingerprint density at radius 3 is 2.64 bits per heavy atom. The molecular formula is C17H22O5. The summed E-state index contributed by atoms with van der Waals surface area (Å²) in [5.41, 5.74) is 0.856. The van der Waals surface area contributed by atoms with Crippen LogP contribution in [-0.2, 0) is 19.1 Å². The van der Waals surface area contributed by atoms with Crippen LogP contribution in [0.2, 0.25) is 0 Å². The summed E-state index contributed by atoms with van der Waals surface area (Å²) in [6.45, 7) is 6.88. The van der Waals surface area contributed by atoms with E-state index in [1.54, 1.807) is 12.2 Å². The number of fused-ring (bicyclic) bond motifs is 1. The van der Waals surface area contributed by atoms with Crippen molar-refractivity contribution < 1.29 is 24.2 Å². The third-order valence-electron chi connectivity index (χ3n) is 5.09. The molecule has 22 heavy (non-hydrogen) atoms. The predicted octanol–water partition coefficient (Wildman–Crippen LogP) is 2.51. The smallest absolute Gasteiger partial charge is 0.310 e. The minimum Gasteiger partial charge on any atom is -0.481 e. The van der Waals surface area contributed by atoms with Crippen LogP contribution in [0.25, 0.3) is 0 Å². The van der Waals surface area contributed by atoms with Crippen LogP contribution in [0.3, 0.4) is 0 Å². The lowest BCUT2D eigenvalue weighted by molar-refractivity contribution is -0.152. The second kappa shape index (κ2) is 5.71. The van der Waals surface area contributed by atoms with Gasteiger partial charge in [-0.1, -0.05) is 25.5 Å². The Morgan fingerprint density at radius 2 is 2.09 bits per heavy atom. The van der Waals surface area contributed by atoms with E-state index in [2.05, 4.69) is 0 Å². The molecule has 5 heteroatoms. The second-order valence-corrected chi connectivity index (χ2v) is 6.45. The number of aliphatic carboxylic acids is 1. The van der Waals surface area contributed by atoms with Crippen molar-refractivity contribution in [2.45, 2.75) is 46.6 Å². The average Bonchev–Trinajstić information content (AvgIpc) is 2.43. The molecule has 0 radical (unpaired) electrons. The van der Waals surface area contributed by atoms with Crippen molar-refractivity contribution in [1.82, 2.24) is 0 Å². The van der Waals surface area contributed by atoms with Crippen LogP contribution in [0, 0.1) is 17.3 Å². The van der Waals surface area contributed by atoms with Crippen LogP contribution in [0.15, 0.2) is 23.3 Å². The second-order valence-electron chi connectivity index (χ2n) is 6.45. The molecule has 0 aromatic heterocycles. The lowest BCUT2D eigenvalue weighted by Crippen LogP contribution is -2.43. The standard InChI is InChI=1S/C17H22O5/c1-9(16(20)21)13-8-17(4)10(2)15(22-11(3)18)6-5-12(17)7-14(13)19/h7-10,15H,5-6H2,1-4H3,(H,20,21)/t9-,10-,15-,17+/m0/s1. The number of carbonyl (C=O) groups excluding carboxylic acids is 2. The maximum absolute atomic E-state index is 12.2. The number of hydrogen-bond acceptors (Lipinski definition) is 4. The molecule has 2 aliphatic carbocycles. The summed E-state index contributed by atoms with van der Waals surface area (Å²) < 4.78 is 5.39. The number of carboxylic acids is 1. The lowest BCUT2D eigenvalue weighted by atomic mass is 9.60. The van der Waals surface area contributed by atoms with Crippen molar-refractivity contribution in [1.29, 1.82) is 0 Å². The van der Waals surface area contributed by atoms with Gasteiger partial charge in [0.2, 0.25) is 0 Å².